The number of halogens is 4. The average Bonchev–Trinajstić information content (AvgIpc) is 2.67. The van der Waals surface area contributed by atoms with Crippen molar-refractivity contribution in [2.75, 3.05) is 5.32 Å². The number of aromatic nitrogens is 2. The second-order valence-electron chi connectivity index (χ2n) is 5.78. The lowest BCUT2D eigenvalue weighted by atomic mass is 10.2. The number of carbonyl (C=O) groups is 1. The average molecular weight is 390 g/mol. The van der Waals surface area contributed by atoms with Crippen LogP contribution in [0.15, 0.2) is 60.7 Å². The standard InChI is InChI=1S/C19H14F4N4O/c20-15-4-2-1-3-12(15)11-24-18(28)16-9-10-17(27-26-16)25-14-7-5-13(6-8-14)19(21,22)23/h1-10H,11H2,(H,24,28)(H,25,27). The Morgan fingerprint density at radius 1 is 0.929 bits per heavy atom. The third-order valence-corrected chi connectivity index (χ3v) is 3.78. The molecule has 2 N–H and O–H groups in total. The molecule has 28 heavy (non-hydrogen) atoms. The van der Waals surface area contributed by atoms with Crippen LogP contribution in [0.3, 0.4) is 0 Å². The zero-order chi connectivity index (χ0) is 20.1. The van der Waals surface area contributed by atoms with Gasteiger partial charge in [0.15, 0.2) is 11.5 Å². The topological polar surface area (TPSA) is 66.9 Å². The van der Waals surface area contributed by atoms with Gasteiger partial charge in [-0.05, 0) is 42.5 Å². The molecule has 0 aliphatic carbocycles. The van der Waals surface area contributed by atoms with Gasteiger partial charge in [0.05, 0.1) is 5.56 Å². The minimum atomic E-state index is -4.41. The van der Waals surface area contributed by atoms with Crippen LogP contribution < -0.4 is 10.6 Å². The number of nitrogens with one attached hydrogen (secondary N) is 2. The molecule has 1 heterocycles. The van der Waals surface area contributed by atoms with Crippen molar-refractivity contribution in [3.63, 3.8) is 0 Å². The van der Waals surface area contributed by atoms with Crippen LogP contribution in [0.4, 0.5) is 29.1 Å². The van der Waals surface area contributed by atoms with Crippen LogP contribution in [0.5, 0.6) is 0 Å². The van der Waals surface area contributed by atoms with Gasteiger partial charge in [0.1, 0.15) is 5.82 Å². The molecule has 5 nitrogen and oxygen atoms in total. The number of hydrogen-bond acceptors (Lipinski definition) is 4. The van der Waals surface area contributed by atoms with Gasteiger partial charge in [-0.15, -0.1) is 10.2 Å². The maximum Gasteiger partial charge on any atom is 0.416 e. The fourth-order valence-corrected chi connectivity index (χ4v) is 2.32. The van der Waals surface area contributed by atoms with E-state index in [1.165, 1.54) is 30.3 Å². The van der Waals surface area contributed by atoms with E-state index in [9.17, 15) is 22.4 Å². The van der Waals surface area contributed by atoms with E-state index in [4.69, 9.17) is 0 Å². The van der Waals surface area contributed by atoms with Gasteiger partial charge in [-0.25, -0.2) is 4.39 Å². The molecule has 0 unspecified atom stereocenters. The molecule has 1 amide bonds. The van der Waals surface area contributed by atoms with Gasteiger partial charge in [-0.1, -0.05) is 18.2 Å². The van der Waals surface area contributed by atoms with Crippen LogP contribution >= 0.6 is 0 Å². The predicted molar refractivity (Wildman–Crippen MR) is 94.3 cm³/mol. The van der Waals surface area contributed by atoms with E-state index in [1.54, 1.807) is 18.2 Å². The summed E-state index contributed by atoms with van der Waals surface area (Å²) >= 11 is 0. The molecule has 0 saturated heterocycles. The first-order chi connectivity index (χ1) is 13.3. The van der Waals surface area contributed by atoms with E-state index < -0.39 is 23.5 Å². The number of benzene rings is 2. The largest absolute Gasteiger partial charge is 0.416 e. The van der Waals surface area contributed by atoms with Crippen molar-refractivity contribution in [2.45, 2.75) is 12.7 Å². The molecule has 0 spiro atoms. The maximum absolute atomic E-state index is 13.5. The summed E-state index contributed by atoms with van der Waals surface area (Å²) in [5, 5.41) is 12.9. The van der Waals surface area contributed by atoms with Crippen molar-refractivity contribution in [1.29, 1.82) is 0 Å². The molecule has 144 valence electrons. The van der Waals surface area contributed by atoms with Crippen molar-refractivity contribution >= 4 is 17.4 Å². The quantitative estimate of drug-likeness (QED) is 0.638. The highest BCUT2D eigenvalue weighted by Gasteiger charge is 2.29. The molecule has 0 aliphatic heterocycles. The SMILES string of the molecule is O=C(NCc1ccccc1F)c1ccc(Nc2ccc(C(F)(F)F)cc2)nn1. The van der Waals surface area contributed by atoms with Gasteiger partial charge in [-0.2, -0.15) is 13.2 Å². The lowest BCUT2D eigenvalue weighted by molar-refractivity contribution is -0.137. The van der Waals surface area contributed by atoms with Gasteiger partial charge in [0, 0.05) is 17.8 Å². The Hall–Kier alpha value is -3.49. The Labute approximate surface area is 157 Å². The minimum absolute atomic E-state index is 0.00125. The zero-order valence-electron chi connectivity index (χ0n) is 14.3. The van der Waals surface area contributed by atoms with Crippen LogP contribution in [-0.4, -0.2) is 16.1 Å². The van der Waals surface area contributed by atoms with Gasteiger partial charge in [-0.3, -0.25) is 4.79 Å². The Kier molecular flexibility index (Phi) is 5.53. The van der Waals surface area contributed by atoms with Crippen molar-refractivity contribution < 1.29 is 22.4 Å². The van der Waals surface area contributed by atoms with Crippen molar-refractivity contribution in [3.8, 4) is 0 Å². The minimum Gasteiger partial charge on any atom is -0.346 e. The van der Waals surface area contributed by atoms with Gasteiger partial charge in [0.2, 0.25) is 0 Å². The van der Waals surface area contributed by atoms with Gasteiger partial charge < -0.3 is 10.6 Å². The van der Waals surface area contributed by atoms with E-state index in [0.717, 1.165) is 12.1 Å². The Bertz CT molecular complexity index is 957. The van der Waals surface area contributed by atoms with Crippen LogP contribution in [0.2, 0.25) is 0 Å². The first-order valence-electron chi connectivity index (χ1n) is 8.12. The summed E-state index contributed by atoms with van der Waals surface area (Å²) in [7, 11) is 0. The summed E-state index contributed by atoms with van der Waals surface area (Å²) in [6, 6.07) is 13.3. The smallest absolute Gasteiger partial charge is 0.346 e. The van der Waals surface area contributed by atoms with Crippen molar-refractivity contribution in [3.05, 3.63) is 83.3 Å². The summed E-state index contributed by atoms with van der Waals surface area (Å²) in [5.41, 5.74) is -0.0104. The van der Waals surface area contributed by atoms with Crippen LogP contribution in [0, 0.1) is 5.82 Å². The number of hydrogen-bond donors (Lipinski definition) is 2. The highest BCUT2D eigenvalue weighted by molar-refractivity contribution is 5.92. The fraction of sp³-hybridized carbons (Fsp3) is 0.105. The molecule has 0 bridgehead atoms. The molecule has 0 aliphatic rings. The van der Waals surface area contributed by atoms with Crippen LogP contribution in [0.25, 0.3) is 0 Å². The second kappa shape index (κ2) is 8.03. The first kappa shape index (κ1) is 19.3. The monoisotopic (exact) mass is 390 g/mol. The molecule has 0 fully saturated rings. The molecule has 3 rings (SSSR count). The highest BCUT2D eigenvalue weighted by atomic mass is 19.4. The summed E-state index contributed by atoms with van der Waals surface area (Å²) in [6.45, 7) is -0.00125. The molecule has 9 heteroatoms. The number of amides is 1. The molecule has 0 radical (unpaired) electrons. The molecule has 0 saturated carbocycles. The molecular formula is C19H14F4N4O. The zero-order valence-corrected chi connectivity index (χ0v) is 14.3. The number of carbonyl (C=O) groups excluding carboxylic acids is 1. The Morgan fingerprint density at radius 3 is 2.25 bits per heavy atom. The van der Waals surface area contributed by atoms with Crippen molar-refractivity contribution in [1.82, 2.24) is 15.5 Å². The number of anilines is 2. The van der Waals surface area contributed by atoms with Gasteiger partial charge in [0.25, 0.3) is 5.91 Å². The maximum atomic E-state index is 13.5. The second-order valence-corrected chi connectivity index (χ2v) is 5.78. The summed E-state index contributed by atoms with van der Waals surface area (Å²) in [4.78, 5) is 12.1. The van der Waals surface area contributed by atoms with Gasteiger partial charge >= 0.3 is 6.18 Å². The third kappa shape index (κ3) is 4.81. The highest BCUT2D eigenvalue weighted by Crippen LogP contribution is 2.30. The number of rotatable bonds is 5. The molecule has 2 aromatic carbocycles. The number of alkyl halides is 3. The van der Waals surface area contributed by atoms with E-state index in [0.29, 0.717) is 11.3 Å². The van der Waals surface area contributed by atoms with E-state index in [-0.39, 0.29) is 18.1 Å². The Balaban J connectivity index is 1.60. The Morgan fingerprint density at radius 2 is 1.64 bits per heavy atom. The lowest BCUT2D eigenvalue weighted by Crippen LogP contribution is -2.24. The third-order valence-electron chi connectivity index (χ3n) is 3.78. The van der Waals surface area contributed by atoms with Crippen LogP contribution in [-0.2, 0) is 12.7 Å². The van der Waals surface area contributed by atoms with Crippen LogP contribution in [0.1, 0.15) is 21.6 Å². The molecular weight excluding hydrogens is 376 g/mol. The predicted octanol–water partition coefficient (Wildman–Crippen LogP) is 4.31. The molecule has 0 atom stereocenters. The fourth-order valence-electron chi connectivity index (χ4n) is 2.32. The summed E-state index contributed by atoms with van der Waals surface area (Å²) in [5.74, 6) is -0.702. The molecule has 3 aromatic rings. The van der Waals surface area contributed by atoms with E-state index >= 15 is 0 Å². The normalized spacial score (nSPS) is 11.1. The number of nitrogens with zero attached hydrogens (tertiary/aromatic N) is 2. The lowest BCUT2D eigenvalue weighted by Gasteiger charge is -2.09. The van der Waals surface area contributed by atoms with E-state index in [1.807, 2.05) is 0 Å². The summed E-state index contributed by atoms with van der Waals surface area (Å²) < 4.78 is 51.2. The molecule has 1 aromatic heterocycles. The van der Waals surface area contributed by atoms with Crippen molar-refractivity contribution in [2.24, 2.45) is 0 Å². The summed E-state index contributed by atoms with van der Waals surface area (Å²) in [6.07, 6.45) is -4.41. The van der Waals surface area contributed by atoms with E-state index in [2.05, 4.69) is 20.8 Å². The first-order valence-corrected chi connectivity index (χ1v) is 8.12.